The van der Waals surface area contributed by atoms with Crippen LogP contribution in [0.4, 0.5) is 0 Å². The van der Waals surface area contributed by atoms with Crippen molar-refractivity contribution in [3.8, 4) is 5.82 Å². The van der Waals surface area contributed by atoms with E-state index in [1.165, 1.54) is 16.3 Å². The van der Waals surface area contributed by atoms with Crippen molar-refractivity contribution in [3.05, 3.63) is 70.2 Å². The third kappa shape index (κ3) is 3.11. The highest BCUT2D eigenvalue weighted by molar-refractivity contribution is 7.98. The predicted octanol–water partition coefficient (Wildman–Crippen LogP) is 3.07. The van der Waals surface area contributed by atoms with E-state index in [0.29, 0.717) is 39.3 Å². The number of hydrogen-bond donors (Lipinski definition) is 0. The Bertz CT molecular complexity index is 1130. The van der Waals surface area contributed by atoms with Crippen LogP contribution in [0.25, 0.3) is 16.7 Å². The van der Waals surface area contributed by atoms with Gasteiger partial charge in [-0.3, -0.25) is 4.79 Å². The molecule has 130 valence electrons. The lowest BCUT2D eigenvalue weighted by Gasteiger charge is -2.12. The third-order valence-electron chi connectivity index (χ3n) is 3.76. The van der Waals surface area contributed by atoms with Crippen molar-refractivity contribution in [2.75, 3.05) is 0 Å². The van der Waals surface area contributed by atoms with Gasteiger partial charge in [0, 0.05) is 6.20 Å². The highest BCUT2D eigenvalue weighted by atomic mass is 32.2. The molecule has 4 aromatic rings. The lowest BCUT2D eigenvalue weighted by Crippen LogP contribution is -2.22. The largest absolute Gasteiger partial charge is 0.338 e. The van der Waals surface area contributed by atoms with E-state index in [1.54, 1.807) is 19.2 Å². The van der Waals surface area contributed by atoms with Crippen LogP contribution in [0.2, 0.25) is 0 Å². The Balaban J connectivity index is 1.84. The minimum Gasteiger partial charge on any atom is -0.338 e. The van der Waals surface area contributed by atoms with Crippen LogP contribution in [0.15, 0.2) is 57.1 Å². The number of fused-ring (bicyclic) bond motifs is 1. The van der Waals surface area contributed by atoms with Crippen molar-refractivity contribution >= 4 is 22.7 Å². The van der Waals surface area contributed by atoms with Gasteiger partial charge in [0.25, 0.3) is 5.56 Å². The zero-order valence-corrected chi connectivity index (χ0v) is 15.0. The summed E-state index contributed by atoms with van der Waals surface area (Å²) in [6, 6.07) is 11.0. The summed E-state index contributed by atoms with van der Waals surface area (Å²) in [5.74, 6) is 2.00. The van der Waals surface area contributed by atoms with Crippen molar-refractivity contribution in [1.82, 2.24) is 24.7 Å². The van der Waals surface area contributed by atoms with E-state index in [-0.39, 0.29) is 5.56 Å². The maximum absolute atomic E-state index is 13.1. The molecule has 0 amide bonds. The second-order valence-corrected chi connectivity index (χ2v) is 6.71. The number of nitrogens with zero attached hydrogens (tertiary/aromatic N) is 5. The van der Waals surface area contributed by atoms with Gasteiger partial charge in [0.1, 0.15) is 5.82 Å². The molecule has 3 aromatic heterocycles. The third-order valence-corrected chi connectivity index (χ3v) is 4.69. The molecule has 26 heavy (non-hydrogen) atoms. The number of pyridine rings is 1. The number of thioether (sulfide) groups is 1. The molecule has 3 heterocycles. The van der Waals surface area contributed by atoms with Gasteiger partial charge in [0.2, 0.25) is 5.89 Å². The van der Waals surface area contributed by atoms with E-state index in [0.717, 1.165) is 5.56 Å². The lowest BCUT2D eigenvalue weighted by molar-refractivity contribution is 0.387. The molecular weight excluding hydrogens is 350 g/mol. The number of benzene rings is 1. The van der Waals surface area contributed by atoms with Crippen LogP contribution >= 0.6 is 11.8 Å². The van der Waals surface area contributed by atoms with Gasteiger partial charge in [0.05, 0.1) is 16.7 Å². The Morgan fingerprint density at radius 2 is 1.96 bits per heavy atom. The van der Waals surface area contributed by atoms with Crippen LogP contribution in [0, 0.1) is 13.8 Å². The SMILES string of the molecule is Cc1ccc(-n2c(SCc3nc(C)no3)nc3ccccc3c2=O)nc1. The molecule has 0 saturated heterocycles. The smallest absolute Gasteiger partial charge is 0.267 e. The molecule has 1 aromatic carbocycles. The van der Waals surface area contributed by atoms with Gasteiger partial charge in [0.15, 0.2) is 11.0 Å². The van der Waals surface area contributed by atoms with E-state index in [2.05, 4.69) is 20.1 Å². The maximum Gasteiger partial charge on any atom is 0.267 e. The second-order valence-electron chi connectivity index (χ2n) is 5.77. The van der Waals surface area contributed by atoms with E-state index < -0.39 is 0 Å². The first-order valence-electron chi connectivity index (χ1n) is 7.98. The monoisotopic (exact) mass is 365 g/mol. The molecule has 0 aliphatic carbocycles. The number of aryl methyl sites for hydroxylation is 2. The second kappa shape index (κ2) is 6.72. The Morgan fingerprint density at radius 1 is 1.12 bits per heavy atom. The summed E-state index contributed by atoms with van der Waals surface area (Å²) < 4.78 is 6.68. The lowest BCUT2D eigenvalue weighted by atomic mass is 10.2. The first kappa shape index (κ1) is 16.5. The summed E-state index contributed by atoms with van der Waals surface area (Å²) in [7, 11) is 0. The van der Waals surface area contributed by atoms with Crippen LogP contribution in [0.1, 0.15) is 17.3 Å². The molecule has 0 N–H and O–H groups in total. The average molecular weight is 365 g/mol. The van der Waals surface area contributed by atoms with Crippen molar-refractivity contribution in [2.24, 2.45) is 0 Å². The summed E-state index contributed by atoms with van der Waals surface area (Å²) in [6.45, 7) is 3.71. The van der Waals surface area contributed by atoms with Gasteiger partial charge in [-0.15, -0.1) is 0 Å². The molecule has 0 aliphatic heterocycles. The van der Waals surface area contributed by atoms with E-state index in [1.807, 2.05) is 37.3 Å². The minimum absolute atomic E-state index is 0.156. The molecule has 0 bridgehead atoms. The number of rotatable bonds is 4. The quantitative estimate of drug-likeness (QED) is 0.406. The number of hydrogen-bond acceptors (Lipinski definition) is 7. The Morgan fingerprint density at radius 3 is 2.69 bits per heavy atom. The summed E-state index contributed by atoms with van der Waals surface area (Å²) in [6.07, 6.45) is 1.73. The van der Waals surface area contributed by atoms with Gasteiger partial charge in [-0.2, -0.15) is 4.98 Å². The molecular formula is C18H15N5O2S. The predicted molar refractivity (Wildman–Crippen MR) is 98.5 cm³/mol. The highest BCUT2D eigenvalue weighted by Crippen LogP contribution is 2.23. The van der Waals surface area contributed by atoms with Crippen LogP contribution in [0.3, 0.4) is 0 Å². The molecule has 0 saturated carbocycles. The summed E-state index contributed by atoms with van der Waals surface area (Å²) >= 11 is 1.36. The molecule has 8 heteroatoms. The summed E-state index contributed by atoms with van der Waals surface area (Å²) in [4.78, 5) is 26.3. The van der Waals surface area contributed by atoms with Crippen LogP contribution in [-0.2, 0) is 5.75 Å². The first-order chi connectivity index (χ1) is 12.6. The minimum atomic E-state index is -0.156. The van der Waals surface area contributed by atoms with Crippen LogP contribution < -0.4 is 5.56 Å². The van der Waals surface area contributed by atoms with Crippen molar-refractivity contribution in [1.29, 1.82) is 0 Å². The Kier molecular flexibility index (Phi) is 4.26. The first-order valence-corrected chi connectivity index (χ1v) is 8.97. The molecule has 0 atom stereocenters. The molecule has 0 radical (unpaired) electrons. The van der Waals surface area contributed by atoms with E-state index in [9.17, 15) is 4.79 Å². The highest BCUT2D eigenvalue weighted by Gasteiger charge is 2.15. The van der Waals surface area contributed by atoms with E-state index >= 15 is 0 Å². The standard InChI is InChI=1S/C18H15N5O2S/c1-11-7-8-15(19-9-11)23-17(24)13-5-3-4-6-14(13)21-18(23)26-10-16-20-12(2)22-25-16/h3-9H,10H2,1-2H3. The topological polar surface area (TPSA) is 86.7 Å². The van der Waals surface area contributed by atoms with Crippen molar-refractivity contribution < 1.29 is 4.52 Å². The summed E-state index contributed by atoms with van der Waals surface area (Å²) in [5.41, 5.74) is 1.51. The summed E-state index contributed by atoms with van der Waals surface area (Å²) in [5, 5.41) is 4.86. The number of para-hydroxylation sites is 1. The fraction of sp³-hybridized carbons (Fsp3) is 0.167. The molecule has 0 unspecified atom stereocenters. The van der Waals surface area contributed by atoms with Gasteiger partial charge in [-0.1, -0.05) is 35.1 Å². The fourth-order valence-corrected chi connectivity index (χ4v) is 3.37. The average Bonchev–Trinajstić information content (AvgIpc) is 3.07. The molecule has 7 nitrogen and oxygen atoms in total. The Labute approximate surface area is 153 Å². The Hall–Kier alpha value is -3.00. The van der Waals surface area contributed by atoms with Gasteiger partial charge < -0.3 is 4.52 Å². The normalized spacial score (nSPS) is 11.2. The van der Waals surface area contributed by atoms with Crippen LogP contribution in [-0.4, -0.2) is 24.7 Å². The maximum atomic E-state index is 13.1. The fourth-order valence-electron chi connectivity index (χ4n) is 2.53. The molecule has 4 rings (SSSR count). The zero-order chi connectivity index (χ0) is 18.1. The zero-order valence-electron chi connectivity index (χ0n) is 14.2. The van der Waals surface area contributed by atoms with Gasteiger partial charge in [-0.05, 0) is 37.6 Å². The van der Waals surface area contributed by atoms with Crippen molar-refractivity contribution in [3.63, 3.8) is 0 Å². The number of aromatic nitrogens is 5. The van der Waals surface area contributed by atoms with E-state index in [4.69, 9.17) is 4.52 Å². The molecule has 0 spiro atoms. The molecule has 0 aliphatic rings. The molecule has 0 fully saturated rings. The van der Waals surface area contributed by atoms with Gasteiger partial charge in [-0.25, -0.2) is 14.5 Å². The van der Waals surface area contributed by atoms with Crippen LogP contribution in [0.5, 0.6) is 0 Å². The van der Waals surface area contributed by atoms with Gasteiger partial charge >= 0.3 is 0 Å². The van der Waals surface area contributed by atoms with Crippen molar-refractivity contribution in [2.45, 2.75) is 24.8 Å².